The lowest BCUT2D eigenvalue weighted by molar-refractivity contribution is 1.47. The number of halogens is 1. The summed E-state index contributed by atoms with van der Waals surface area (Å²) in [5, 5.41) is 18.0. The summed E-state index contributed by atoms with van der Waals surface area (Å²) in [7, 11) is 0. The molecular formula is C8H4ClN2PS2. The van der Waals surface area contributed by atoms with Crippen molar-refractivity contribution in [2.24, 2.45) is 0 Å². The van der Waals surface area contributed by atoms with E-state index in [-0.39, 0.29) is 0 Å². The van der Waals surface area contributed by atoms with Crippen LogP contribution in [0, 0.1) is 22.7 Å². The largest absolute Gasteiger partial charge is 0.192 e. The second kappa shape index (κ2) is 4.34. The number of hydrogen-bond donors (Lipinski definition) is 1. The number of nitrogens with zero attached hydrogens (tertiary/aromatic N) is 2. The molecule has 2 nitrogen and oxygen atoms in total. The van der Waals surface area contributed by atoms with Gasteiger partial charge in [0.1, 0.15) is 4.59 Å². The Morgan fingerprint density at radius 1 is 1.29 bits per heavy atom. The lowest BCUT2D eigenvalue weighted by atomic mass is 10.1. The smallest absolute Gasteiger partial charge is 0.116 e. The van der Waals surface area contributed by atoms with Gasteiger partial charge in [-0.1, -0.05) is 29.1 Å². The molecular weight excluding hydrogens is 255 g/mol. The summed E-state index contributed by atoms with van der Waals surface area (Å²) in [6.45, 7) is 0. The summed E-state index contributed by atoms with van der Waals surface area (Å²) >= 11 is 15.0. The zero-order chi connectivity index (χ0) is 10.8. The molecule has 1 rings (SSSR count). The van der Waals surface area contributed by atoms with Crippen LogP contribution in [0.4, 0.5) is 0 Å². The molecule has 0 aliphatic heterocycles. The lowest BCUT2D eigenvalue weighted by Crippen LogP contribution is -2.08. The molecule has 1 aromatic carbocycles. The van der Waals surface area contributed by atoms with Gasteiger partial charge in [0.2, 0.25) is 0 Å². The Morgan fingerprint density at radius 3 is 2.00 bits per heavy atom. The Morgan fingerprint density at radius 2 is 1.71 bits per heavy atom. The molecule has 0 amide bonds. The summed E-state index contributed by atoms with van der Waals surface area (Å²) in [4.78, 5) is 0. The van der Waals surface area contributed by atoms with Gasteiger partial charge >= 0.3 is 0 Å². The predicted molar refractivity (Wildman–Crippen MR) is 64.6 cm³/mol. The molecule has 14 heavy (non-hydrogen) atoms. The maximum Gasteiger partial charge on any atom is 0.116 e. The van der Waals surface area contributed by atoms with Crippen LogP contribution >= 0.6 is 28.1 Å². The zero-order valence-electron chi connectivity index (χ0n) is 6.81. The van der Waals surface area contributed by atoms with E-state index >= 15 is 0 Å². The number of thiol groups is 1. The van der Waals surface area contributed by atoms with E-state index in [9.17, 15) is 0 Å². The van der Waals surface area contributed by atoms with Crippen molar-refractivity contribution in [2.75, 3.05) is 0 Å². The van der Waals surface area contributed by atoms with Gasteiger partial charge in [0, 0.05) is 5.30 Å². The highest BCUT2D eigenvalue weighted by Crippen LogP contribution is 2.56. The quantitative estimate of drug-likeness (QED) is 0.622. The predicted octanol–water partition coefficient (Wildman–Crippen LogP) is 2.53. The van der Waals surface area contributed by atoms with Crippen LogP contribution < -0.4 is 5.30 Å². The van der Waals surface area contributed by atoms with Gasteiger partial charge in [-0.05, 0) is 12.1 Å². The van der Waals surface area contributed by atoms with E-state index in [1.807, 2.05) is 12.1 Å². The van der Waals surface area contributed by atoms with Gasteiger partial charge in [-0.15, -0.1) is 12.2 Å². The van der Waals surface area contributed by atoms with Crippen LogP contribution in [0.5, 0.6) is 0 Å². The van der Waals surface area contributed by atoms with Crippen molar-refractivity contribution in [2.45, 2.75) is 0 Å². The fraction of sp³-hybridized carbons (Fsp3) is 0. The van der Waals surface area contributed by atoms with Crippen LogP contribution in [0.3, 0.4) is 0 Å². The monoisotopic (exact) mass is 258 g/mol. The molecule has 1 aromatic rings. The van der Waals surface area contributed by atoms with E-state index in [0.29, 0.717) is 16.4 Å². The lowest BCUT2D eigenvalue weighted by Gasteiger charge is -2.10. The van der Waals surface area contributed by atoms with Gasteiger partial charge in [0.25, 0.3) is 0 Å². The van der Waals surface area contributed by atoms with E-state index in [1.165, 1.54) is 0 Å². The van der Waals surface area contributed by atoms with Crippen LogP contribution in [0.2, 0.25) is 0 Å². The molecule has 0 radical (unpaired) electrons. The first kappa shape index (κ1) is 11.6. The minimum Gasteiger partial charge on any atom is -0.192 e. The van der Waals surface area contributed by atoms with E-state index in [4.69, 9.17) is 33.6 Å². The second-order valence-electron chi connectivity index (χ2n) is 2.43. The first-order valence-electron chi connectivity index (χ1n) is 3.47. The fourth-order valence-corrected chi connectivity index (χ4v) is 3.65. The standard InChI is InChI=1S/C8H4ClN2PS2/c9-12(13,14)8-6(4-10)2-1-3-7(8)5-11/h1-3H,(H,13,14). The first-order valence-corrected chi connectivity index (χ1v) is 8.33. The van der Waals surface area contributed by atoms with Gasteiger partial charge in [0.05, 0.1) is 23.3 Å². The molecule has 0 aliphatic carbocycles. The zero-order valence-corrected chi connectivity index (χ0v) is 10.2. The highest BCUT2D eigenvalue weighted by atomic mass is 35.7. The molecule has 0 bridgehead atoms. The number of benzene rings is 1. The molecule has 1 unspecified atom stereocenters. The molecule has 0 saturated carbocycles. The van der Waals surface area contributed by atoms with Gasteiger partial charge in [-0.3, -0.25) is 0 Å². The van der Waals surface area contributed by atoms with Crippen molar-refractivity contribution in [3.63, 3.8) is 0 Å². The number of hydrogen-bond acceptors (Lipinski definition) is 3. The molecule has 0 spiro atoms. The van der Waals surface area contributed by atoms with Crippen molar-refractivity contribution < 1.29 is 0 Å². The van der Waals surface area contributed by atoms with Crippen molar-refractivity contribution in [3.05, 3.63) is 29.3 Å². The molecule has 70 valence electrons. The highest BCUT2D eigenvalue weighted by molar-refractivity contribution is 8.74. The summed E-state index contributed by atoms with van der Waals surface area (Å²) < 4.78 is -2.57. The molecule has 0 N–H and O–H groups in total. The normalized spacial score (nSPS) is 13.7. The van der Waals surface area contributed by atoms with Crippen LogP contribution in [0.25, 0.3) is 0 Å². The molecule has 0 heterocycles. The van der Waals surface area contributed by atoms with E-state index in [1.54, 1.807) is 18.2 Å². The fourth-order valence-electron chi connectivity index (χ4n) is 1.02. The molecule has 0 fully saturated rings. The Balaban J connectivity index is 3.63. The first-order chi connectivity index (χ1) is 6.50. The number of nitriles is 2. The van der Waals surface area contributed by atoms with Gasteiger partial charge in [-0.25, -0.2) is 0 Å². The Kier molecular flexibility index (Phi) is 3.59. The van der Waals surface area contributed by atoms with Crippen molar-refractivity contribution >= 4 is 45.2 Å². The highest BCUT2D eigenvalue weighted by Gasteiger charge is 2.19. The third-order valence-electron chi connectivity index (χ3n) is 1.55. The maximum atomic E-state index is 8.82. The van der Waals surface area contributed by atoms with E-state index < -0.39 is 4.59 Å². The molecule has 0 saturated heterocycles. The summed E-state index contributed by atoms with van der Waals surface area (Å²) in [5.74, 6) is 0. The minimum absolute atomic E-state index is 0.331. The van der Waals surface area contributed by atoms with E-state index in [2.05, 4.69) is 12.2 Å². The topological polar surface area (TPSA) is 47.6 Å². The summed E-state index contributed by atoms with van der Waals surface area (Å²) in [6, 6.07) is 8.69. The van der Waals surface area contributed by atoms with Gasteiger partial charge in [0.15, 0.2) is 0 Å². The molecule has 6 heteroatoms. The third-order valence-corrected chi connectivity index (χ3v) is 4.24. The second-order valence-corrected chi connectivity index (χ2v) is 11.0. The minimum atomic E-state index is -2.57. The van der Waals surface area contributed by atoms with Crippen LogP contribution in [-0.4, -0.2) is 0 Å². The van der Waals surface area contributed by atoms with E-state index in [0.717, 1.165) is 0 Å². The van der Waals surface area contributed by atoms with Crippen LogP contribution in [-0.2, 0) is 11.8 Å². The Bertz CT molecular complexity index is 463. The Labute approximate surface area is 97.1 Å². The van der Waals surface area contributed by atoms with Crippen LogP contribution in [0.1, 0.15) is 11.1 Å². The summed E-state index contributed by atoms with van der Waals surface area (Å²) in [6.07, 6.45) is 0. The maximum absolute atomic E-state index is 8.82. The van der Waals surface area contributed by atoms with Crippen molar-refractivity contribution in [1.82, 2.24) is 0 Å². The molecule has 0 aromatic heterocycles. The summed E-state index contributed by atoms with van der Waals surface area (Å²) in [5.41, 5.74) is 0.662. The average Bonchev–Trinajstić information content (AvgIpc) is 2.15. The number of rotatable bonds is 1. The third kappa shape index (κ3) is 2.29. The average molecular weight is 259 g/mol. The Hall–Kier alpha value is -0.510. The van der Waals surface area contributed by atoms with Gasteiger partial charge < -0.3 is 0 Å². The van der Waals surface area contributed by atoms with Crippen LogP contribution in [0.15, 0.2) is 18.2 Å². The van der Waals surface area contributed by atoms with Gasteiger partial charge in [-0.2, -0.15) is 10.5 Å². The van der Waals surface area contributed by atoms with Crippen molar-refractivity contribution in [1.29, 1.82) is 10.5 Å². The molecule has 1 atom stereocenters. The molecule has 0 aliphatic rings. The SMILES string of the molecule is N#Cc1cccc(C#N)c1P(=S)(S)Cl. The van der Waals surface area contributed by atoms with Crippen molar-refractivity contribution in [3.8, 4) is 12.1 Å².